The topological polar surface area (TPSA) is 16.4 Å². The molecule has 0 fully saturated rings. The maximum atomic E-state index is 6.60. The maximum Gasteiger partial charge on any atom is 0.159 e. The van der Waals surface area contributed by atoms with Gasteiger partial charge in [0, 0.05) is 22.1 Å². The number of nitrogens with zero attached hydrogens (tertiary/aromatic N) is 1. The molecule has 0 saturated heterocycles. The zero-order valence-electron chi connectivity index (χ0n) is 28.4. The van der Waals surface area contributed by atoms with Crippen LogP contribution < -0.4 is 4.90 Å². The predicted molar refractivity (Wildman–Crippen MR) is 220 cm³/mol. The van der Waals surface area contributed by atoms with E-state index in [0.29, 0.717) is 0 Å². The Kier molecular flexibility index (Phi) is 7.18. The summed E-state index contributed by atoms with van der Waals surface area (Å²) in [6.07, 6.45) is 0. The van der Waals surface area contributed by atoms with Crippen molar-refractivity contribution in [2.24, 2.45) is 0 Å². The molecule has 2 heteroatoms. The summed E-state index contributed by atoms with van der Waals surface area (Å²) in [6, 6.07) is 71.6. The summed E-state index contributed by atoms with van der Waals surface area (Å²) >= 11 is 0. The van der Waals surface area contributed by atoms with Gasteiger partial charge in [0.1, 0.15) is 5.58 Å². The molecule has 0 amide bonds. The molecular weight excluding hydrogens is 631 g/mol. The molecule has 52 heavy (non-hydrogen) atoms. The minimum Gasteiger partial charge on any atom is -0.454 e. The summed E-state index contributed by atoms with van der Waals surface area (Å²) in [5.74, 6) is 0. The first kappa shape index (κ1) is 30.0. The van der Waals surface area contributed by atoms with Crippen LogP contribution in [-0.2, 0) is 0 Å². The Hall–Kier alpha value is -6.90. The second-order valence-electron chi connectivity index (χ2n) is 13.3. The first-order valence-electron chi connectivity index (χ1n) is 17.8. The van der Waals surface area contributed by atoms with Gasteiger partial charge in [-0.25, -0.2) is 0 Å². The van der Waals surface area contributed by atoms with Gasteiger partial charge in [0.15, 0.2) is 5.58 Å². The third-order valence-corrected chi connectivity index (χ3v) is 10.3. The van der Waals surface area contributed by atoms with Crippen molar-refractivity contribution in [3.05, 3.63) is 200 Å². The largest absolute Gasteiger partial charge is 0.454 e. The van der Waals surface area contributed by atoms with E-state index in [4.69, 9.17) is 4.42 Å². The quantitative estimate of drug-likeness (QED) is 0.176. The molecule has 1 heterocycles. The van der Waals surface area contributed by atoms with Crippen LogP contribution in [0.2, 0.25) is 0 Å². The zero-order valence-corrected chi connectivity index (χ0v) is 28.4. The minimum atomic E-state index is 0.868. The molecule has 0 unspecified atom stereocenters. The molecule has 0 spiro atoms. The van der Waals surface area contributed by atoms with Crippen LogP contribution in [0.5, 0.6) is 0 Å². The third kappa shape index (κ3) is 5.12. The van der Waals surface area contributed by atoms with Gasteiger partial charge in [0.2, 0.25) is 0 Å². The summed E-state index contributed by atoms with van der Waals surface area (Å²) in [6.45, 7) is 0. The van der Waals surface area contributed by atoms with E-state index in [9.17, 15) is 0 Å². The highest BCUT2D eigenvalue weighted by atomic mass is 16.3. The van der Waals surface area contributed by atoms with Crippen molar-refractivity contribution in [2.45, 2.75) is 0 Å². The Labute approximate surface area is 302 Å². The van der Waals surface area contributed by atoms with E-state index in [-0.39, 0.29) is 0 Å². The number of furan rings is 1. The highest BCUT2D eigenvalue weighted by Gasteiger charge is 2.20. The summed E-state index contributed by atoms with van der Waals surface area (Å²) in [5.41, 5.74) is 12.1. The molecule has 0 aliphatic heterocycles. The lowest BCUT2D eigenvalue weighted by Crippen LogP contribution is -2.10. The van der Waals surface area contributed by atoms with E-state index in [2.05, 4.69) is 193 Å². The lowest BCUT2D eigenvalue weighted by molar-refractivity contribution is 0.669. The average Bonchev–Trinajstić information content (AvgIpc) is 3.61. The number of anilines is 3. The van der Waals surface area contributed by atoms with E-state index >= 15 is 0 Å². The lowest BCUT2D eigenvalue weighted by atomic mass is 9.93. The molecule has 0 bridgehead atoms. The van der Waals surface area contributed by atoms with Gasteiger partial charge in [0.05, 0.1) is 5.69 Å². The van der Waals surface area contributed by atoms with Gasteiger partial charge in [-0.05, 0) is 103 Å². The number of rotatable bonds is 6. The SMILES string of the molecule is c1ccc(-c2cc(-c3ccc(N(c4ccc(-c5cccc6ccccc56)cc4)c4cccc5c4oc4ccccc45)cc3)c3ccccc3c2)cc1. The van der Waals surface area contributed by atoms with E-state index in [1.54, 1.807) is 0 Å². The normalized spacial score (nSPS) is 11.5. The monoisotopic (exact) mass is 663 g/mol. The van der Waals surface area contributed by atoms with Gasteiger partial charge >= 0.3 is 0 Å². The van der Waals surface area contributed by atoms with E-state index < -0.39 is 0 Å². The highest BCUT2D eigenvalue weighted by molar-refractivity contribution is 6.10. The predicted octanol–water partition coefficient (Wildman–Crippen LogP) is 14.4. The smallest absolute Gasteiger partial charge is 0.159 e. The molecule has 0 aliphatic rings. The molecule has 0 aliphatic carbocycles. The van der Waals surface area contributed by atoms with Crippen LogP contribution in [-0.4, -0.2) is 0 Å². The van der Waals surface area contributed by atoms with Crippen LogP contribution in [0.3, 0.4) is 0 Å². The number of benzene rings is 9. The molecular formula is C50H33NO. The van der Waals surface area contributed by atoms with Crippen LogP contribution in [0.15, 0.2) is 205 Å². The molecule has 0 atom stereocenters. The molecule has 1 aromatic heterocycles. The first-order chi connectivity index (χ1) is 25.8. The molecule has 0 saturated carbocycles. The van der Waals surface area contributed by atoms with Gasteiger partial charge in [-0.2, -0.15) is 0 Å². The van der Waals surface area contributed by atoms with Gasteiger partial charge in [-0.3, -0.25) is 0 Å². The molecule has 10 aromatic rings. The Morgan fingerprint density at radius 2 is 0.885 bits per heavy atom. The van der Waals surface area contributed by atoms with Crippen LogP contribution in [0.4, 0.5) is 17.1 Å². The summed E-state index contributed by atoms with van der Waals surface area (Å²) in [7, 11) is 0. The second-order valence-corrected chi connectivity index (χ2v) is 13.3. The standard InChI is InChI=1S/C50H33NO/c1-2-12-34(13-3-1)39-32-38-15-5-7-18-44(38)47(33-39)37-26-30-41(31-27-37)51(48-22-11-21-46-45-19-8-9-23-49(45)52-50(46)48)40-28-24-36(25-29-40)43-20-10-16-35-14-4-6-17-42(35)43/h1-33H. The molecule has 10 rings (SSSR count). The van der Waals surface area contributed by atoms with Crippen LogP contribution in [0, 0.1) is 0 Å². The third-order valence-electron chi connectivity index (χ3n) is 10.3. The fourth-order valence-electron chi connectivity index (χ4n) is 7.74. The van der Waals surface area contributed by atoms with Crippen LogP contribution in [0.1, 0.15) is 0 Å². The number of hydrogen-bond donors (Lipinski definition) is 0. The zero-order chi connectivity index (χ0) is 34.4. The van der Waals surface area contributed by atoms with Gasteiger partial charge in [-0.1, -0.05) is 152 Å². The first-order valence-corrected chi connectivity index (χ1v) is 17.8. The van der Waals surface area contributed by atoms with Gasteiger partial charge < -0.3 is 9.32 Å². The Balaban J connectivity index is 1.12. The summed E-state index contributed by atoms with van der Waals surface area (Å²) < 4.78 is 6.60. The molecule has 9 aromatic carbocycles. The van der Waals surface area contributed by atoms with Gasteiger partial charge in [0.25, 0.3) is 0 Å². The number of hydrogen-bond acceptors (Lipinski definition) is 2. The number of fused-ring (bicyclic) bond motifs is 5. The van der Waals surface area contributed by atoms with E-state index in [1.165, 1.54) is 54.9 Å². The fourth-order valence-corrected chi connectivity index (χ4v) is 7.74. The van der Waals surface area contributed by atoms with Crippen molar-refractivity contribution in [3.8, 4) is 33.4 Å². The van der Waals surface area contributed by atoms with E-state index in [0.717, 1.165) is 39.0 Å². The van der Waals surface area contributed by atoms with E-state index in [1.807, 2.05) is 12.1 Å². The lowest BCUT2D eigenvalue weighted by Gasteiger charge is -2.26. The Bertz CT molecular complexity index is 2880. The van der Waals surface area contributed by atoms with Crippen molar-refractivity contribution < 1.29 is 4.42 Å². The van der Waals surface area contributed by atoms with Crippen molar-refractivity contribution in [3.63, 3.8) is 0 Å². The van der Waals surface area contributed by atoms with Crippen molar-refractivity contribution in [2.75, 3.05) is 4.90 Å². The van der Waals surface area contributed by atoms with Crippen molar-refractivity contribution >= 4 is 60.5 Å². The van der Waals surface area contributed by atoms with Crippen molar-refractivity contribution in [1.29, 1.82) is 0 Å². The minimum absolute atomic E-state index is 0.868. The fraction of sp³-hybridized carbons (Fsp3) is 0. The van der Waals surface area contributed by atoms with Crippen LogP contribution in [0.25, 0.3) is 76.9 Å². The number of para-hydroxylation sites is 2. The summed E-state index contributed by atoms with van der Waals surface area (Å²) in [4.78, 5) is 2.32. The second kappa shape index (κ2) is 12.5. The maximum absolute atomic E-state index is 6.60. The molecule has 2 nitrogen and oxygen atoms in total. The molecule has 0 radical (unpaired) electrons. The van der Waals surface area contributed by atoms with Crippen molar-refractivity contribution in [1.82, 2.24) is 0 Å². The molecule has 0 N–H and O–H groups in total. The summed E-state index contributed by atoms with van der Waals surface area (Å²) in [5, 5.41) is 7.18. The Morgan fingerprint density at radius 3 is 1.63 bits per heavy atom. The van der Waals surface area contributed by atoms with Gasteiger partial charge in [-0.15, -0.1) is 0 Å². The molecule has 244 valence electrons. The Morgan fingerprint density at radius 1 is 0.327 bits per heavy atom. The van der Waals surface area contributed by atoms with Crippen LogP contribution >= 0.6 is 0 Å². The average molecular weight is 664 g/mol. The highest BCUT2D eigenvalue weighted by Crippen LogP contribution is 2.44.